The van der Waals surface area contributed by atoms with E-state index in [2.05, 4.69) is 20.1 Å². The number of pyridine rings is 1. The van der Waals surface area contributed by atoms with Gasteiger partial charge in [-0.05, 0) is 43.7 Å². The Morgan fingerprint density at radius 1 is 1.19 bits per heavy atom. The van der Waals surface area contributed by atoms with E-state index in [1.54, 1.807) is 0 Å². The number of esters is 1. The molecule has 0 spiro atoms. The second kappa shape index (κ2) is 8.91. The van der Waals surface area contributed by atoms with Crippen LogP contribution in [0.4, 0.5) is 18.9 Å². The Bertz CT molecular complexity index is 1010. The highest BCUT2D eigenvalue weighted by molar-refractivity contribution is 6.05. The fraction of sp³-hybridized carbons (Fsp3) is 0.545. The van der Waals surface area contributed by atoms with Gasteiger partial charge in [-0.3, -0.25) is 9.48 Å². The Balaban J connectivity index is 1.70. The zero-order chi connectivity index (χ0) is 22.9. The number of anilines is 1. The summed E-state index contributed by atoms with van der Waals surface area (Å²) in [6.45, 7) is 0.280. The van der Waals surface area contributed by atoms with Crippen LogP contribution in [-0.4, -0.2) is 33.8 Å². The van der Waals surface area contributed by atoms with Crippen LogP contribution in [0.25, 0.3) is 0 Å². The van der Waals surface area contributed by atoms with Crippen molar-refractivity contribution in [1.29, 1.82) is 0 Å². The number of ether oxygens (including phenoxy) is 1. The van der Waals surface area contributed by atoms with E-state index in [-0.39, 0.29) is 35.5 Å². The molecule has 4 rings (SSSR count). The fourth-order valence-electron chi connectivity index (χ4n) is 4.29. The lowest BCUT2D eigenvalue weighted by molar-refractivity contribution is -0.138. The maximum Gasteiger partial charge on any atom is 0.420 e. The number of alkyl halides is 3. The first kappa shape index (κ1) is 22.3. The molecule has 0 unspecified atom stereocenters. The van der Waals surface area contributed by atoms with E-state index in [4.69, 9.17) is 0 Å². The van der Waals surface area contributed by atoms with Gasteiger partial charge >= 0.3 is 12.1 Å². The summed E-state index contributed by atoms with van der Waals surface area (Å²) >= 11 is 0. The van der Waals surface area contributed by atoms with Crippen LogP contribution in [0.15, 0.2) is 18.3 Å². The Kier molecular flexibility index (Phi) is 6.21. The minimum Gasteiger partial charge on any atom is -0.464 e. The molecule has 2 saturated carbocycles. The zero-order valence-corrected chi connectivity index (χ0v) is 17.7. The van der Waals surface area contributed by atoms with E-state index in [9.17, 15) is 22.8 Å². The van der Waals surface area contributed by atoms with Crippen molar-refractivity contribution >= 4 is 17.6 Å². The standard InChI is InChI=1S/C22H25F3N4O3/c1-32-21(31)16-11-15(9-10-26-16)27-20(30)19-17(22(23,24)25)18(14-7-8-14)28-29(19)12-13-5-3-2-4-6-13/h9-11,13-14H,2-8,12H2,1H3,(H,26,27,30). The van der Waals surface area contributed by atoms with Gasteiger partial charge in [0, 0.05) is 24.3 Å². The molecule has 0 aliphatic heterocycles. The molecule has 2 aromatic heterocycles. The van der Waals surface area contributed by atoms with Crippen LogP contribution in [0.5, 0.6) is 0 Å². The van der Waals surface area contributed by atoms with E-state index in [0.717, 1.165) is 32.1 Å². The minimum atomic E-state index is -4.70. The van der Waals surface area contributed by atoms with Crippen molar-refractivity contribution in [2.75, 3.05) is 12.4 Å². The normalized spacial score (nSPS) is 17.2. The minimum absolute atomic E-state index is 0.0385. The van der Waals surface area contributed by atoms with Crippen molar-refractivity contribution in [2.24, 2.45) is 5.92 Å². The predicted molar refractivity (Wildman–Crippen MR) is 109 cm³/mol. The molecule has 0 aromatic carbocycles. The van der Waals surface area contributed by atoms with E-state index in [0.29, 0.717) is 12.8 Å². The summed E-state index contributed by atoms with van der Waals surface area (Å²) in [5, 5.41) is 6.80. The molecule has 7 nitrogen and oxygen atoms in total. The van der Waals surface area contributed by atoms with Crippen molar-refractivity contribution in [3.8, 4) is 0 Å². The number of rotatable bonds is 6. The highest BCUT2D eigenvalue weighted by Gasteiger charge is 2.46. The third-order valence-corrected chi connectivity index (χ3v) is 6.01. The summed E-state index contributed by atoms with van der Waals surface area (Å²) in [7, 11) is 1.19. The van der Waals surface area contributed by atoms with E-state index >= 15 is 0 Å². The van der Waals surface area contributed by atoms with Crippen molar-refractivity contribution in [3.05, 3.63) is 41.0 Å². The lowest BCUT2D eigenvalue weighted by Gasteiger charge is -2.22. The van der Waals surface area contributed by atoms with Crippen LogP contribution in [0.3, 0.4) is 0 Å². The molecule has 2 heterocycles. The van der Waals surface area contributed by atoms with Gasteiger partial charge in [0.05, 0.1) is 12.8 Å². The van der Waals surface area contributed by atoms with Crippen molar-refractivity contribution in [2.45, 2.75) is 63.6 Å². The summed E-state index contributed by atoms with van der Waals surface area (Å²) in [6.07, 6.45) is 2.85. The number of methoxy groups -OCH3 is 1. The van der Waals surface area contributed by atoms with Gasteiger partial charge in [0.15, 0.2) is 0 Å². The number of nitrogens with zero attached hydrogens (tertiary/aromatic N) is 3. The molecule has 0 radical (unpaired) electrons. The number of carbonyl (C=O) groups is 2. The Morgan fingerprint density at radius 2 is 1.91 bits per heavy atom. The van der Waals surface area contributed by atoms with E-state index in [1.807, 2.05) is 0 Å². The molecule has 172 valence electrons. The molecular formula is C22H25F3N4O3. The maximum absolute atomic E-state index is 14.1. The number of nitrogens with one attached hydrogen (secondary N) is 1. The highest BCUT2D eigenvalue weighted by Crippen LogP contribution is 2.47. The van der Waals surface area contributed by atoms with Crippen molar-refractivity contribution in [1.82, 2.24) is 14.8 Å². The Morgan fingerprint density at radius 3 is 2.53 bits per heavy atom. The summed E-state index contributed by atoms with van der Waals surface area (Å²) in [6, 6.07) is 2.67. The number of carbonyl (C=O) groups excluding carboxylic acids is 2. The summed E-state index contributed by atoms with van der Waals surface area (Å²) in [4.78, 5) is 28.7. The van der Waals surface area contributed by atoms with Crippen LogP contribution in [0.2, 0.25) is 0 Å². The molecule has 32 heavy (non-hydrogen) atoms. The number of hydrogen-bond donors (Lipinski definition) is 1. The molecule has 1 N–H and O–H groups in total. The van der Waals surface area contributed by atoms with Crippen LogP contribution in [0.1, 0.15) is 83.1 Å². The second-order valence-electron chi connectivity index (χ2n) is 8.44. The number of hydrogen-bond acceptors (Lipinski definition) is 5. The smallest absolute Gasteiger partial charge is 0.420 e. The van der Waals surface area contributed by atoms with Crippen LogP contribution in [0, 0.1) is 5.92 Å². The van der Waals surface area contributed by atoms with Crippen molar-refractivity contribution < 1.29 is 27.5 Å². The average Bonchev–Trinajstić information content (AvgIpc) is 3.54. The van der Waals surface area contributed by atoms with Crippen LogP contribution >= 0.6 is 0 Å². The first-order chi connectivity index (χ1) is 15.3. The van der Waals surface area contributed by atoms with Crippen LogP contribution in [-0.2, 0) is 17.5 Å². The van der Waals surface area contributed by atoms with Gasteiger partial charge in [0.2, 0.25) is 0 Å². The van der Waals surface area contributed by atoms with E-state index in [1.165, 1.54) is 30.1 Å². The van der Waals surface area contributed by atoms with Gasteiger partial charge < -0.3 is 10.1 Å². The van der Waals surface area contributed by atoms with Gasteiger partial charge in [-0.25, -0.2) is 9.78 Å². The third-order valence-electron chi connectivity index (χ3n) is 6.01. The fourth-order valence-corrected chi connectivity index (χ4v) is 4.29. The number of halogens is 3. The summed E-state index contributed by atoms with van der Waals surface area (Å²) < 4.78 is 48.2. The van der Waals surface area contributed by atoms with Crippen molar-refractivity contribution in [3.63, 3.8) is 0 Å². The quantitative estimate of drug-likeness (QED) is 0.640. The third kappa shape index (κ3) is 4.78. The van der Waals surface area contributed by atoms with E-state index < -0.39 is 29.3 Å². The largest absolute Gasteiger partial charge is 0.464 e. The zero-order valence-electron chi connectivity index (χ0n) is 17.7. The summed E-state index contributed by atoms with van der Waals surface area (Å²) in [5.74, 6) is -1.70. The highest BCUT2D eigenvalue weighted by atomic mass is 19.4. The molecule has 2 aliphatic carbocycles. The predicted octanol–water partition coefficient (Wildman–Crippen LogP) is 4.79. The first-order valence-corrected chi connectivity index (χ1v) is 10.8. The first-order valence-electron chi connectivity index (χ1n) is 10.8. The number of aromatic nitrogens is 3. The molecule has 0 bridgehead atoms. The van der Waals surface area contributed by atoms with Gasteiger partial charge in [0.1, 0.15) is 17.0 Å². The van der Waals surface area contributed by atoms with Gasteiger partial charge in [0.25, 0.3) is 5.91 Å². The number of amides is 1. The molecular weight excluding hydrogens is 425 g/mol. The molecule has 1 amide bonds. The summed E-state index contributed by atoms with van der Waals surface area (Å²) in [5.41, 5.74) is -1.37. The Hall–Kier alpha value is -2.91. The van der Waals surface area contributed by atoms with Gasteiger partial charge in [-0.1, -0.05) is 19.3 Å². The topological polar surface area (TPSA) is 86.1 Å². The lowest BCUT2D eigenvalue weighted by Crippen LogP contribution is -2.25. The SMILES string of the molecule is COC(=O)c1cc(NC(=O)c2c(C(F)(F)F)c(C3CC3)nn2CC2CCCCC2)ccn1. The van der Waals surface area contributed by atoms with Gasteiger partial charge in [-0.2, -0.15) is 18.3 Å². The molecule has 10 heteroatoms. The average molecular weight is 450 g/mol. The van der Waals surface area contributed by atoms with Gasteiger partial charge in [-0.15, -0.1) is 0 Å². The Labute approximate surface area is 183 Å². The maximum atomic E-state index is 14.1. The lowest BCUT2D eigenvalue weighted by atomic mass is 9.89. The molecule has 0 atom stereocenters. The second-order valence-corrected chi connectivity index (χ2v) is 8.44. The molecule has 0 saturated heterocycles. The molecule has 2 aromatic rings. The monoisotopic (exact) mass is 450 g/mol. The van der Waals surface area contributed by atoms with Crippen LogP contribution < -0.4 is 5.32 Å². The molecule has 2 fully saturated rings. The molecule has 2 aliphatic rings.